The summed E-state index contributed by atoms with van der Waals surface area (Å²) in [6, 6.07) is 78.0. The molecule has 0 amide bonds. The van der Waals surface area contributed by atoms with Crippen LogP contribution >= 0.6 is 0 Å². The highest BCUT2D eigenvalue weighted by atomic mass is 15.0. The minimum Gasteiger partial charge on any atom is -0.309 e. The van der Waals surface area contributed by atoms with E-state index < -0.39 is 0 Å². The maximum absolute atomic E-state index is 2.46. The molecule has 2 heterocycles. The van der Waals surface area contributed by atoms with Gasteiger partial charge in [0.25, 0.3) is 0 Å². The molecular weight excluding hydrogens is 713 g/mol. The molecule has 11 rings (SSSR count). The van der Waals surface area contributed by atoms with E-state index in [1.54, 1.807) is 0 Å². The first kappa shape index (κ1) is 34.8. The molecule has 0 atom stereocenters. The minimum atomic E-state index is 1.08. The second kappa shape index (κ2) is 14.5. The summed E-state index contributed by atoms with van der Waals surface area (Å²) in [4.78, 5) is 0. The summed E-state index contributed by atoms with van der Waals surface area (Å²) in [5, 5.41) is 5.01. The van der Waals surface area contributed by atoms with Crippen molar-refractivity contribution in [3.8, 4) is 55.9 Å². The lowest BCUT2D eigenvalue weighted by atomic mass is 9.94. The summed E-state index contributed by atoms with van der Waals surface area (Å²) in [5.41, 5.74) is 18.4. The smallest absolute Gasteiger partial charge is 0.0541 e. The van der Waals surface area contributed by atoms with Crippen molar-refractivity contribution in [1.82, 2.24) is 9.13 Å². The Morgan fingerprint density at radius 2 is 0.814 bits per heavy atom. The summed E-state index contributed by atoms with van der Waals surface area (Å²) in [6.45, 7) is 2.25. The van der Waals surface area contributed by atoms with Crippen molar-refractivity contribution < 1.29 is 0 Å². The number of rotatable bonds is 8. The van der Waals surface area contributed by atoms with Crippen molar-refractivity contribution in [2.75, 3.05) is 0 Å². The first-order chi connectivity index (χ1) is 29.2. The largest absolute Gasteiger partial charge is 0.309 e. The third kappa shape index (κ3) is 5.96. The van der Waals surface area contributed by atoms with Gasteiger partial charge in [0.1, 0.15) is 0 Å². The molecule has 0 aliphatic carbocycles. The average Bonchev–Trinajstić information content (AvgIpc) is 3.82. The van der Waals surface area contributed by atoms with Gasteiger partial charge in [-0.2, -0.15) is 0 Å². The van der Waals surface area contributed by atoms with Crippen LogP contribution in [0.25, 0.3) is 99.5 Å². The van der Waals surface area contributed by atoms with Gasteiger partial charge in [-0.15, -0.1) is 0 Å². The Morgan fingerprint density at radius 3 is 1.47 bits per heavy atom. The van der Waals surface area contributed by atoms with Gasteiger partial charge in [0.2, 0.25) is 0 Å². The van der Waals surface area contributed by atoms with Gasteiger partial charge in [-0.1, -0.05) is 171 Å². The van der Waals surface area contributed by atoms with Crippen LogP contribution in [-0.4, -0.2) is 9.13 Å². The Balaban J connectivity index is 1.01. The van der Waals surface area contributed by atoms with E-state index in [0.717, 1.165) is 18.5 Å². The SMILES string of the molecule is CCCc1cccc(-c2ccccc2-n2c3ccccc3c3cc(-c4ccc5c(c4)c4ccccc4n5-c4ccc(-c5ccccc5-c5ccccc5)cc4)ccc32)c1. The average molecular weight is 755 g/mol. The molecule has 0 aliphatic heterocycles. The zero-order chi connectivity index (χ0) is 39.3. The van der Waals surface area contributed by atoms with Gasteiger partial charge < -0.3 is 9.13 Å². The topological polar surface area (TPSA) is 9.86 Å². The van der Waals surface area contributed by atoms with E-state index in [1.807, 2.05) is 0 Å². The number of nitrogens with zero attached hydrogens (tertiary/aromatic N) is 2. The van der Waals surface area contributed by atoms with Crippen molar-refractivity contribution >= 4 is 43.6 Å². The molecule has 0 radical (unpaired) electrons. The first-order valence-electron chi connectivity index (χ1n) is 20.7. The van der Waals surface area contributed by atoms with Crippen LogP contribution in [0.3, 0.4) is 0 Å². The predicted octanol–water partition coefficient (Wildman–Crippen LogP) is 15.5. The molecule has 2 nitrogen and oxygen atoms in total. The van der Waals surface area contributed by atoms with E-state index >= 15 is 0 Å². The van der Waals surface area contributed by atoms with Crippen LogP contribution in [-0.2, 0) is 6.42 Å². The Bertz CT molecular complexity index is 3330. The minimum absolute atomic E-state index is 1.08. The zero-order valence-corrected chi connectivity index (χ0v) is 33.0. The standard InChI is InChI=1S/C57H42N2/c1-2-15-39-16-14-19-44(36-39)48-22-8-11-25-53(48)59-55-27-13-10-24-50(55)52-38-43(31-35-57(52)59)42-30-34-56-51(37-42)49-23-9-12-26-54(49)58(56)45-32-28-41(29-33-45)47-21-7-6-20-46(47)40-17-4-3-5-18-40/h3-14,16-38H,2,15H2,1H3. The van der Waals surface area contributed by atoms with Gasteiger partial charge in [-0.05, 0) is 106 Å². The van der Waals surface area contributed by atoms with E-state index in [0.29, 0.717) is 0 Å². The van der Waals surface area contributed by atoms with Gasteiger partial charge in [-0.3, -0.25) is 0 Å². The lowest BCUT2D eigenvalue weighted by Crippen LogP contribution is -1.97. The molecule has 280 valence electrons. The van der Waals surface area contributed by atoms with Crippen LogP contribution in [0.2, 0.25) is 0 Å². The summed E-state index contributed by atoms with van der Waals surface area (Å²) >= 11 is 0. The Hall–Kier alpha value is -7.42. The van der Waals surface area contributed by atoms with Crippen molar-refractivity contribution in [1.29, 1.82) is 0 Å². The molecule has 59 heavy (non-hydrogen) atoms. The molecule has 0 aliphatic rings. The van der Waals surface area contributed by atoms with E-state index in [4.69, 9.17) is 0 Å². The van der Waals surface area contributed by atoms with E-state index in [2.05, 4.69) is 228 Å². The van der Waals surface area contributed by atoms with Crippen LogP contribution < -0.4 is 0 Å². The molecule has 9 aromatic carbocycles. The predicted molar refractivity (Wildman–Crippen MR) is 251 cm³/mol. The lowest BCUT2D eigenvalue weighted by Gasteiger charge is -2.15. The Labute approximate surface area is 344 Å². The Morgan fingerprint density at radius 1 is 0.322 bits per heavy atom. The maximum atomic E-state index is 2.46. The first-order valence-corrected chi connectivity index (χ1v) is 20.7. The molecule has 11 aromatic rings. The monoisotopic (exact) mass is 754 g/mol. The number of fused-ring (bicyclic) bond motifs is 6. The highest BCUT2D eigenvalue weighted by Crippen LogP contribution is 2.40. The van der Waals surface area contributed by atoms with Gasteiger partial charge in [0, 0.05) is 32.8 Å². The van der Waals surface area contributed by atoms with E-state index in [-0.39, 0.29) is 0 Å². The molecule has 0 saturated heterocycles. The molecule has 0 saturated carbocycles. The van der Waals surface area contributed by atoms with Crippen molar-refractivity contribution in [2.24, 2.45) is 0 Å². The van der Waals surface area contributed by atoms with Crippen LogP contribution in [0, 0.1) is 0 Å². The fraction of sp³-hybridized carbons (Fsp3) is 0.0526. The fourth-order valence-corrected chi connectivity index (χ4v) is 9.33. The number of aromatic nitrogens is 2. The van der Waals surface area contributed by atoms with E-state index in [9.17, 15) is 0 Å². The van der Waals surface area contributed by atoms with Gasteiger partial charge in [0.05, 0.1) is 27.8 Å². The molecule has 2 heteroatoms. The van der Waals surface area contributed by atoms with Crippen LogP contribution in [0.5, 0.6) is 0 Å². The third-order valence-electron chi connectivity index (χ3n) is 12.0. The number of hydrogen-bond acceptors (Lipinski definition) is 0. The van der Waals surface area contributed by atoms with Gasteiger partial charge in [-0.25, -0.2) is 0 Å². The maximum Gasteiger partial charge on any atom is 0.0541 e. The normalized spacial score (nSPS) is 11.6. The molecular formula is C57H42N2. The van der Waals surface area contributed by atoms with Gasteiger partial charge in [0.15, 0.2) is 0 Å². The van der Waals surface area contributed by atoms with Gasteiger partial charge >= 0.3 is 0 Å². The Kier molecular flexibility index (Phi) is 8.56. The lowest BCUT2D eigenvalue weighted by molar-refractivity contribution is 0.922. The fourth-order valence-electron chi connectivity index (χ4n) is 9.33. The van der Waals surface area contributed by atoms with Crippen LogP contribution in [0.1, 0.15) is 18.9 Å². The molecule has 0 N–H and O–H groups in total. The second-order valence-corrected chi connectivity index (χ2v) is 15.6. The van der Waals surface area contributed by atoms with Crippen LogP contribution in [0.4, 0.5) is 0 Å². The number of benzene rings is 9. The van der Waals surface area contributed by atoms with Crippen molar-refractivity contribution in [3.63, 3.8) is 0 Å². The summed E-state index contributed by atoms with van der Waals surface area (Å²) in [6.07, 6.45) is 2.22. The molecule has 0 bridgehead atoms. The second-order valence-electron chi connectivity index (χ2n) is 15.6. The molecule has 0 spiro atoms. The van der Waals surface area contributed by atoms with Crippen molar-refractivity contribution in [2.45, 2.75) is 19.8 Å². The third-order valence-corrected chi connectivity index (χ3v) is 12.0. The molecule has 2 aromatic heterocycles. The number of para-hydroxylation sites is 3. The number of aryl methyl sites for hydroxylation is 1. The van der Waals surface area contributed by atoms with Crippen LogP contribution in [0.15, 0.2) is 212 Å². The highest BCUT2D eigenvalue weighted by molar-refractivity contribution is 6.13. The molecule has 0 unspecified atom stereocenters. The summed E-state index contributed by atoms with van der Waals surface area (Å²) < 4.78 is 4.87. The quantitative estimate of drug-likeness (QED) is 0.146. The highest BCUT2D eigenvalue weighted by Gasteiger charge is 2.18. The summed E-state index contributed by atoms with van der Waals surface area (Å²) in [7, 11) is 0. The molecule has 0 fully saturated rings. The number of hydrogen-bond donors (Lipinski definition) is 0. The summed E-state index contributed by atoms with van der Waals surface area (Å²) in [5.74, 6) is 0. The zero-order valence-electron chi connectivity index (χ0n) is 33.0. The van der Waals surface area contributed by atoms with Crippen molar-refractivity contribution in [3.05, 3.63) is 218 Å². The van der Waals surface area contributed by atoms with E-state index in [1.165, 1.54) is 99.4 Å².